The minimum absolute atomic E-state index is 0.787. The van der Waals surface area contributed by atoms with Crippen molar-refractivity contribution in [1.82, 2.24) is 9.80 Å². The van der Waals surface area contributed by atoms with Gasteiger partial charge in [0, 0.05) is 31.1 Å². The standard InChI is InChI=1S/C21H30N2O2/c1-16-5-4-10-23(14-16)18-8-11-22(12-9-18)15-19-13-17-6-3-7-20(24-2)21(17)25-19/h3,6-7,13,16,18H,4-5,8-12,14-15H2,1-2H3/t16-/m1/s1. The summed E-state index contributed by atoms with van der Waals surface area (Å²) in [5, 5.41) is 1.13. The molecule has 0 unspecified atom stereocenters. The molecule has 0 N–H and O–H groups in total. The number of fused-ring (bicyclic) bond motifs is 1. The number of piperidine rings is 2. The van der Waals surface area contributed by atoms with Gasteiger partial charge in [-0.1, -0.05) is 19.1 Å². The molecule has 4 heteroatoms. The largest absolute Gasteiger partial charge is 0.493 e. The molecule has 0 aliphatic carbocycles. The van der Waals surface area contributed by atoms with E-state index in [0.717, 1.165) is 41.0 Å². The molecule has 3 heterocycles. The number of rotatable bonds is 4. The number of methoxy groups -OCH3 is 1. The minimum atomic E-state index is 0.787. The van der Waals surface area contributed by atoms with E-state index >= 15 is 0 Å². The molecule has 1 aromatic heterocycles. The van der Waals surface area contributed by atoms with Crippen LogP contribution >= 0.6 is 0 Å². The van der Waals surface area contributed by atoms with Crippen molar-refractivity contribution < 1.29 is 9.15 Å². The van der Waals surface area contributed by atoms with Gasteiger partial charge in [0.15, 0.2) is 11.3 Å². The molecular weight excluding hydrogens is 312 g/mol. The van der Waals surface area contributed by atoms with Crippen molar-refractivity contribution in [3.05, 3.63) is 30.0 Å². The zero-order valence-corrected chi connectivity index (χ0v) is 15.5. The molecular formula is C21H30N2O2. The van der Waals surface area contributed by atoms with E-state index in [0.29, 0.717) is 0 Å². The van der Waals surface area contributed by atoms with Gasteiger partial charge in [-0.2, -0.15) is 0 Å². The predicted octanol–water partition coefficient (Wildman–Crippen LogP) is 4.14. The average molecular weight is 342 g/mol. The van der Waals surface area contributed by atoms with E-state index in [1.54, 1.807) is 7.11 Å². The molecule has 2 saturated heterocycles. The van der Waals surface area contributed by atoms with Gasteiger partial charge in [0.25, 0.3) is 0 Å². The first-order chi connectivity index (χ1) is 12.2. The number of ether oxygens (including phenoxy) is 1. The molecule has 0 radical (unpaired) electrons. The van der Waals surface area contributed by atoms with Crippen molar-refractivity contribution in [3.63, 3.8) is 0 Å². The maximum Gasteiger partial charge on any atom is 0.176 e. The number of likely N-dealkylation sites (tertiary alicyclic amines) is 2. The number of furan rings is 1. The van der Waals surface area contributed by atoms with Crippen LogP contribution in [0.15, 0.2) is 28.7 Å². The molecule has 2 aliphatic rings. The highest BCUT2D eigenvalue weighted by atomic mass is 16.5. The van der Waals surface area contributed by atoms with Gasteiger partial charge in [0.05, 0.1) is 13.7 Å². The van der Waals surface area contributed by atoms with Gasteiger partial charge in [-0.05, 0) is 50.3 Å². The van der Waals surface area contributed by atoms with Gasteiger partial charge >= 0.3 is 0 Å². The normalized spacial score (nSPS) is 24.0. The Hall–Kier alpha value is -1.52. The van der Waals surface area contributed by atoms with Crippen LogP contribution in [0.2, 0.25) is 0 Å². The van der Waals surface area contributed by atoms with E-state index < -0.39 is 0 Å². The van der Waals surface area contributed by atoms with Crippen LogP contribution < -0.4 is 4.74 Å². The van der Waals surface area contributed by atoms with Crippen molar-refractivity contribution in [2.75, 3.05) is 33.3 Å². The molecule has 0 spiro atoms. The Kier molecular flexibility index (Phi) is 5.00. The lowest BCUT2D eigenvalue weighted by Gasteiger charge is -2.41. The number of benzene rings is 1. The smallest absolute Gasteiger partial charge is 0.176 e. The number of para-hydroxylation sites is 1. The maximum absolute atomic E-state index is 6.07. The van der Waals surface area contributed by atoms with Crippen LogP contribution in [0.3, 0.4) is 0 Å². The van der Waals surface area contributed by atoms with Crippen molar-refractivity contribution in [1.29, 1.82) is 0 Å². The van der Waals surface area contributed by atoms with Crippen LogP contribution in [-0.4, -0.2) is 49.1 Å². The molecule has 4 rings (SSSR count). The van der Waals surface area contributed by atoms with Gasteiger partial charge in [-0.3, -0.25) is 4.90 Å². The molecule has 4 nitrogen and oxygen atoms in total. The van der Waals surface area contributed by atoms with Crippen LogP contribution in [0.5, 0.6) is 5.75 Å². The number of nitrogens with zero attached hydrogens (tertiary/aromatic N) is 2. The van der Waals surface area contributed by atoms with E-state index in [4.69, 9.17) is 9.15 Å². The van der Waals surface area contributed by atoms with E-state index in [1.165, 1.54) is 51.9 Å². The van der Waals surface area contributed by atoms with Gasteiger partial charge in [0.2, 0.25) is 0 Å². The molecule has 2 aromatic rings. The van der Waals surface area contributed by atoms with Gasteiger partial charge in [0.1, 0.15) is 5.76 Å². The Morgan fingerprint density at radius 3 is 2.76 bits per heavy atom. The van der Waals surface area contributed by atoms with Crippen molar-refractivity contribution in [3.8, 4) is 5.75 Å². The molecule has 1 atom stereocenters. The topological polar surface area (TPSA) is 28.9 Å². The molecule has 136 valence electrons. The lowest BCUT2D eigenvalue weighted by Crippen LogP contribution is -2.47. The molecule has 2 aliphatic heterocycles. The molecule has 0 saturated carbocycles. The van der Waals surface area contributed by atoms with Crippen LogP contribution in [-0.2, 0) is 6.54 Å². The summed E-state index contributed by atoms with van der Waals surface area (Å²) in [6.45, 7) is 8.25. The summed E-state index contributed by atoms with van der Waals surface area (Å²) in [7, 11) is 1.70. The first-order valence-electron chi connectivity index (χ1n) is 9.75. The third-order valence-electron chi connectivity index (χ3n) is 5.92. The van der Waals surface area contributed by atoms with Gasteiger partial charge in [-0.25, -0.2) is 0 Å². The second-order valence-electron chi connectivity index (χ2n) is 7.84. The highest BCUT2D eigenvalue weighted by molar-refractivity contribution is 5.83. The summed E-state index contributed by atoms with van der Waals surface area (Å²) in [4.78, 5) is 5.28. The fraction of sp³-hybridized carbons (Fsp3) is 0.619. The highest BCUT2D eigenvalue weighted by Gasteiger charge is 2.27. The zero-order valence-electron chi connectivity index (χ0n) is 15.5. The van der Waals surface area contributed by atoms with Crippen LogP contribution in [0.1, 0.15) is 38.4 Å². The summed E-state index contributed by atoms with van der Waals surface area (Å²) in [6.07, 6.45) is 5.36. The highest BCUT2D eigenvalue weighted by Crippen LogP contribution is 2.30. The Morgan fingerprint density at radius 2 is 2.00 bits per heavy atom. The third-order valence-corrected chi connectivity index (χ3v) is 5.92. The zero-order chi connectivity index (χ0) is 17.2. The van der Waals surface area contributed by atoms with Crippen molar-refractivity contribution in [2.45, 2.75) is 45.2 Å². The Morgan fingerprint density at radius 1 is 1.16 bits per heavy atom. The van der Waals surface area contributed by atoms with Gasteiger partial charge in [-0.15, -0.1) is 0 Å². The average Bonchev–Trinajstić information content (AvgIpc) is 3.04. The predicted molar refractivity (Wildman–Crippen MR) is 101 cm³/mol. The number of hydrogen-bond acceptors (Lipinski definition) is 4. The van der Waals surface area contributed by atoms with Crippen LogP contribution in [0.25, 0.3) is 11.0 Å². The molecule has 2 fully saturated rings. The molecule has 25 heavy (non-hydrogen) atoms. The Balaban J connectivity index is 1.35. The van der Waals surface area contributed by atoms with E-state index in [1.807, 2.05) is 12.1 Å². The quantitative estimate of drug-likeness (QED) is 0.835. The van der Waals surface area contributed by atoms with Gasteiger partial charge < -0.3 is 14.1 Å². The Bertz CT molecular complexity index is 703. The van der Waals surface area contributed by atoms with E-state index in [9.17, 15) is 0 Å². The molecule has 1 aromatic carbocycles. The summed E-state index contributed by atoms with van der Waals surface area (Å²) < 4.78 is 11.5. The second kappa shape index (κ2) is 7.38. The third kappa shape index (κ3) is 3.70. The second-order valence-corrected chi connectivity index (χ2v) is 7.84. The minimum Gasteiger partial charge on any atom is -0.493 e. The van der Waals surface area contributed by atoms with Crippen molar-refractivity contribution >= 4 is 11.0 Å². The first kappa shape index (κ1) is 16.9. The van der Waals surface area contributed by atoms with Crippen LogP contribution in [0, 0.1) is 5.92 Å². The summed E-state index contributed by atoms with van der Waals surface area (Å²) in [5.41, 5.74) is 0.872. The SMILES string of the molecule is COc1cccc2cc(CN3CCC(N4CCC[C@@H](C)C4)CC3)oc12. The summed E-state index contributed by atoms with van der Waals surface area (Å²) in [5.74, 6) is 2.74. The fourth-order valence-electron chi connectivity index (χ4n) is 4.55. The maximum atomic E-state index is 6.07. The summed E-state index contributed by atoms with van der Waals surface area (Å²) in [6, 6.07) is 9.02. The van der Waals surface area contributed by atoms with Crippen LogP contribution in [0.4, 0.5) is 0 Å². The summed E-state index contributed by atoms with van der Waals surface area (Å²) >= 11 is 0. The number of hydrogen-bond donors (Lipinski definition) is 0. The first-order valence-corrected chi connectivity index (χ1v) is 9.75. The fourth-order valence-corrected chi connectivity index (χ4v) is 4.55. The van der Waals surface area contributed by atoms with Crippen molar-refractivity contribution in [2.24, 2.45) is 5.92 Å². The molecule has 0 bridgehead atoms. The lowest BCUT2D eigenvalue weighted by molar-refractivity contribution is 0.0708. The monoisotopic (exact) mass is 342 g/mol. The lowest BCUT2D eigenvalue weighted by atomic mass is 9.95. The molecule has 0 amide bonds. The van der Waals surface area contributed by atoms with E-state index in [2.05, 4.69) is 28.9 Å². The van der Waals surface area contributed by atoms with E-state index in [-0.39, 0.29) is 0 Å². The Labute approximate surface area is 150 Å².